The van der Waals surface area contributed by atoms with E-state index in [1.807, 2.05) is 0 Å². The molecule has 0 bridgehead atoms. The van der Waals surface area contributed by atoms with Crippen LogP contribution in [0.15, 0.2) is 0 Å². The number of hydrogen-bond acceptors (Lipinski definition) is 2. The number of hydrogen-bond donors (Lipinski definition) is 0. The highest BCUT2D eigenvalue weighted by Gasteiger charge is 2.44. The van der Waals surface area contributed by atoms with E-state index in [0.717, 1.165) is 0 Å². The third-order valence-electron chi connectivity index (χ3n) is 1.85. The molecule has 0 saturated carbocycles. The summed E-state index contributed by atoms with van der Waals surface area (Å²) in [6.45, 7) is 3.34. The molecule has 3 amide bonds. The quantitative estimate of drug-likeness (QED) is 0.444. The normalized spacial score (nSPS) is 23.3. The predicted octanol–water partition coefficient (Wildman–Crippen LogP) is -0.0386. The molecule has 55 valence electrons. The summed E-state index contributed by atoms with van der Waals surface area (Å²) >= 11 is 0. The molecular formula is C6H9N2O2. The second kappa shape index (κ2) is 1.71. The van der Waals surface area contributed by atoms with Crippen LogP contribution < -0.4 is 5.32 Å². The Morgan fingerprint density at radius 3 is 2.00 bits per heavy atom. The maximum atomic E-state index is 10.9. The molecule has 1 fully saturated rings. The van der Waals surface area contributed by atoms with E-state index in [1.54, 1.807) is 20.9 Å². The summed E-state index contributed by atoms with van der Waals surface area (Å²) in [5, 5.41) is 3.27. The molecule has 10 heavy (non-hydrogen) atoms. The van der Waals surface area contributed by atoms with Crippen molar-refractivity contribution in [3.05, 3.63) is 0 Å². The molecule has 1 heterocycles. The number of nitrogens with zero attached hydrogens (tertiary/aromatic N) is 2. The van der Waals surface area contributed by atoms with Crippen LogP contribution in [-0.2, 0) is 4.79 Å². The summed E-state index contributed by atoms with van der Waals surface area (Å²) in [5.41, 5.74) is -0.739. The van der Waals surface area contributed by atoms with Gasteiger partial charge in [-0.1, -0.05) is 0 Å². The van der Waals surface area contributed by atoms with Crippen LogP contribution in [0.1, 0.15) is 13.8 Å². The van der Waals surface area contributed by atoms with Crippen LogP contribution in [0.5, 0.6) is 0 Å². The van der Waals surface area contributed by atoms with Gasteiger partial charge in [0, 0.05) is 7.05 Å². The number of likely N-dealkylation sites (N-methyl/N-ethyl adjacent to an activating group) is 1. The first kappa shape index (κ1) is 7.05. The monoisotopic (exact) mass is 141 g/mol. The van der Waals surface area contributed by atoms with E-state index < -0.39 is 11.6 Å². The van der Waals surface area contributed by atoms with E-state index in [2.05, 4.69) is 5.32 Å². The first-order valence-corrected chi connectivity index (χ1v) is 3.00. The smallest absolute Gasteiger partial charge is 0.312 e. The fourth-order valence-corrected chi connectivity index (χ4v) is 0.681. The average molecular weight is 141 g/mol. The highest BCUT2D eigenvalue weighted by atomic mass is 16.2. The maximum absolute atomic E-state index is 10.9. The molecule has 1 aliphatic rings. The average Bonchev–Trinajstić information content (AvgIpc) is 1.97. The van der Waals surface area contributed by atoms with Gasteiger partial charge in [-0.3, -0.25) is 4.79 Å². The van der Waals surface area contributed by atoms with Crippen LogP contribution in [0.25, 0.3) is 0 Å². The van der Waals surface area contributed by atoms with E-state index in [0.29, 0.717) is 0 Å². The van der Waals surface area contributed by atoms with Gasteiger partial charge in [0.25, 0.3) is 5.91 Å². The Labute approximate surface area is 59.2 Å². The molecule has 4 heteroatoms. The lowest BCUT2D eigenvalue weighted by Crippen LogP contribution is -2.41. The zero-order chi connectivity index (χ0) is 7.94. The number of imide groups is 1. The Kier molecular flexibility index (Phi) is 1.21. The molecule has 1 aliphatic heterocycles. The second-order valence-corrected chi connectivity index (χ2v) is 2.82. The SMILES string of the molecule is CN1C(=O)[N]C(=O)C1(C)C. The van der Waals surface area contributed by atoms with Crippen LogP contribution in [0, 0.1) is 0 Å². The molecule has 1 rings (SSSR count). The van der Waals surface area contributed by atoms with E-state index >= 15 is 0 Å². The molecule has 0 N–H and O–H groups in total. The Morgan fingerprint density at radius 2 is 1.90 bits per heavy atom. The van der Waals surface area contributed by atoms with Crippen molar-refractivity contribution in [1.29, 1.82) is 0 Å². The van der Waals surface area contributed by atoms with Crippen molar-refractivity contribution in [3.8, 4) is 0 Å². The van der Waals surface area contributed by atoms with Crippen molar-refractivity contribution in [1.82, 2.24) is 10.2 Å². The molecule has 4 nitrogen and oxygen atoms in total. The van der Waals surface area contributed by atoms with Crippen LogP contribution >= 0.6 is 0 Å². The van der Waals surface area contributed by atoms with Crippen LogP contribution in [-0.4, -0.2) is 29.4 Å². The fraction of sp³-hybridized carbons (Fsp3) is 0.667. The predicted molar refractivity (Wildman–Crippen MR) is 34.4 cm³/mol. The van der Waals surface area contributed by atoms with E-state index in [-0.39, 0.29) is 5.91 Å². The van der Waals surface area contributed by atoms with Gasteiger partial charge < -0.3 is 4.90 Å². The molecule has 0 spiro atoms. The topological polar surface area (TPSA) is 51.5 Å². The first-order valence-electron chi connectivity index (χ1n) is 3.00. The molecule has 0 atom stereocenters. The van der Waals surface area contributed by atoms with Gasteiger partial charge in [0.2, 0.25) is 0 Å². The van der Waals surface area contributed by atoms with Crippen LogP contribution in [0.2, 0.25) is 0 Å². The van der Waals surface area contributed by atoms with Gasteiger partial charge in [0.1, 0.15) is 5.54 Å². The molecule has 0 aromatic rings. The van der Waals surface area contributed by atoms with Crippen molar-refractivity contribution < 1.29 is 9.59 Å². The summed E-state index contributed by atoms with van der Waals surface area (Å²) in [6, 6.07) is -0.449. The van der Waals surface area contributed by atoms with Crippen LogP contribution in [0.3, 0.4) is 0 Å². The standard InChI is InChI=1S/C6H9N2O2/c1-6(2)4(9)7-5(10)8(6)3/h1-3H3. The summed E-state index contributed by atoms with van der Waals surface area (Å²) in [5.74, 6) is -0.361. The fourth-order valence-electron chi connectivity index (χ4n) is 0.681. The molecule has 1 saturated heterocycles. The molecule has 1 radical (unpaired) electrons. The molecule has 0 aromatic carbocycles. The number of amides is 3. The lowest BCUT2D eigenvalue weighted by molar-refractivity contribution is -0.124. The van der Waals surface area contributed by atoms with Crippen molar-refractivity contribution in [2.24, 2.45) is 0 Å². The third-order valence-corrected chi connectivity index (χ3v) is 1.85. The number of urea groups is 1. The Bertz CT molecular complexity index is 198. The lowest BCUT2D eigenvalue weighted by atomic mass is 10.1. The zero-order valence-corrected chi connectivity index (χ0v) is 6.21. The van der Waals surface area contributed by atoms with Crippen molar-refractivity contribution in [3.63, 3.8) is 0 Å². The molecular weight excluding hydrogens is 132 g/mol. The minimum absolute atomic E-state index is 0.361. The third kappa shape index (κ3) is 0.683. The van der Waals surface area contributed by atoms with Crippen molar-refractivity contribution >= 4 is 11.9 Å². The van der Waals surface area contributed by atoms with Gasteiger partial charge in [0.15, 0.2) is 0 Å². The summed E-state index contributed by atoms with van der Waals surface area (Å²) in [6.07, 6.45) is 0. The largest absolute Gasteiger partial charge is 0.347 e. The van der Waals surface area contributed by atoms with Gasteiger partial charge in [-0.25, -0.2) is 4.79 Å². The summed E-state index contributed by atoms with van der Waals surface area (Å²) in [7, 11) is 1.57. The summed E-state index contributed by atoms with van der Waals surface area (Å²) < 4.78 is 0. The summed E-state index contributed by atoms with van der Waals surface area (Å²) in [4.78, 5) is 23.0. The van der Waals surface area contributed by atoms with Crippen molar-refractivity contribution in [2.75, 3.05) is 7.05 Å². The molecule has 0 aliphatic carbocycles. The number of carbonyl (C=O) groups is 2. The van der Waals surface area contributed by atoms with Gasteiger partial charge in [-0.2, -0.15) is 5.32 Å². The Balaban J connectivity index is 2.96. The van der Waals surface area contributed by atoms with E-state index in [9.17, 15) is 9.59 Å². The Morgan fingerprint density at radius 1 is 1.40 bits per heavy atom. The zero-order valence-electron chi connectivity index (χ0n) is 6.21. The van der Waals surface area contributed by atoms with Crippen molar-refractivity contribution in [2.45, 2.75) is 19.4 Å². The van der Waals surface area contributed by atoms with Gasteiger partial charge in [-0.05, 0) is 13.8 Å². The van der Waals surface area contributed by atoms with E-state index in [4.69, 9.17) is 0 Å². The minimum atomic E-state index is -0.739. The van der Waals surface area contributed by atoms with Gasteiger partial charge >= 0.3 is 6.03 Å². The molecule has 0 aromatic heterocycles. The maximum Gasteiger partial charge on any atom is 0.347 e. The Hall–Kier alpha value is -1.06. The van der Waals surface area contributed by atoms with Gasteiger partial charge in [0.05, 0.1) is 0 Å². The van der Waals surface area contributed by atoms with Gasteiger partial charge in [-0.15, -0.1) is 0 Å². The number of carbonyl (C=O) groups excluding carboxylic acids is 2. The van der Waals surface area contributed by atoms with E-state index in [1.165, 1.54) is 4.90 Å². The minimum Gasteiger partial charge on any atom is -0.312 e. The van der Waals surface area contributed by atoms with Crippen LogP contribution in [0.4, 0.5) is 4.79 Å². The highest BCUT2D eigenvalue weighted by molar-refractivity contribution is 6.05. The number of rotatable bonds is 0. The first-order chi connectivity index (χ1) is 4.46. The molecule has 0 unspecified atom stereocenters. The lowest BCUT2D eigenvalue weighted by Gasteiger charge is -2.22. The second-order valence-electron chi connectivity index (χ2n) is 2.82. The highest BCUT2D eigenvalue weighted by Crippen LogP contribution is 2.18.